The Kier molecular flexibility index (Phi) is 2.77. The number of hydrazone groups is 1. The summed E-state index contributed by atoms with van der Waals surface area (Å²) in [7, 11) is 0. The van der Waals surface area contributed by atoms with Crippen LogP contribution < -0.4 is 9.57 Å². The second-order valence-electron chi connectivity index (χ2n) is 3.52. The minimum absolute atomic E-state index is 0.181. The number of carbonyl (C=O) groups excluding carboxylic acids is 1. The van der Waals surface area contributed by atoms with Crippen molar-refractivity contribution < 1.29 is 13.9 Å². The molecule has 0 saturated carbocycles. The fraction of sp³-hybridized carbons (Fsp3) is 0. The van der Waals surface area contributed by atoms with Gasteiger partial charge in [0.15, 0.2) is 0 Å². The number of nitrogens with zero attached hydrogens (tertiary/aromatic N) is 1. The lowest BCUT2D eigenvalue weighted by Gasteiger charge is -2.11. The topological polar surface area (TPSA) is 63.8 Å². The van der Waals surface area contributed by atoms with Crippen LogP contribution in [0.1, 0.15) is 16.1 Å². The normalized spacial score (nSPS) is 12.7. The second kappa shape index (κ2) is 4.58. The largest absolute Gasteiger partial charge is 0.457 e. The van der Waals surface area contributed by atoms with E-state index < -0.39 is 5.97 Å². The van der Waals surface area contributed by atoms with Crippen molar-refractivity contribution in [1.29, 1.82) is 0 Å². The van der Waals surface area contributed by atoms with Gasteiger partial charge >= 0.3 is 5.97 Å². The lowest BCUT2D eigenvalue weighted by Crippen LogP contribution is -2.08. The van der Waals surface area contributed by atoms with Crippen LogP contribution in [0, 0.1) is 0 Å². The summed E-state index contributed by atoms with van der Waals surface area (Å²) in [5, 5.41) is 3.91. The van der Waals surface area contributed by atoms with Crippen LogP contribution in [-0.4, -0.2) is 12.2 Å². The van der Waals surface area contributed by atoms with Crippen molar-refractivity contribution in [2.24, 2.45) is 5.10 Å². The van der Waals surface area contributed by atoms with Gasteiger partial charge in [-0.3, -0.25) is 0 Å². The number of rotatable bonds is 2. The zero-order chi connectivity index (χ0) is 12.4. The Bertz CT molecular complexity index is 608. The van der Waals surface area contributed by atoms with E-state index in [0.29, 0.717) is 5.75 Å². The third-order valence-corrected chi connectivity index (χ3v) is 3.10. The van der Waals surface area contributed by atoms with Crippen LogP contribution in [0.25, 0.3) is 0 Å². The van der Waals surface area contributed by atoms with Gasteiger partial charge < -0.3 is 9.15 Å². The maximum Gasteiger partial charge on any atom is 0.379 e. The molecule has 0 spiro atoms. The minimum atomic E-state index is -0.512. The molecule has 6 heteroatoms. The van der Waals surface area contributed by atoms with Crippen LogP contribution in [0.2, 0.25) is 0 Å². The van der Waals surface area contributed by atoms with E-state index in [0.717, 1.165) is 10.5 Å². The molecule has 0 saturated heterocycles. The van der Waals surface area contributed by atoms with Crippen molar-refractivity contribution in [2.45, 2.75) is 4.90 Å². The lowest BCUT2D eigenvalue weighted by molar-refractivity contribution is 0.0701. The van der Waals surface area contributed by atoms with Crippen molar-refractivity contribution in [3.05, 3.63) is 47.9 Å². The van der Waals surface area contributed by atoms with E-state index in [2.05, 4.69) is 9.93 Å². The molecule has 0 aliphatic carbocycles. The van der Waals surface area contributed by atoms with Crippen LogP contribution in [0.15, 0.2) is 51.0 Å². The number of hydrogen-bond acceptors (Lipinski definition) is 6. The quantitative estimate of drug-likeness (QED) is 0.510. The molecule has 5 nitrogen and oxygen atoms in total. The standard InChI is InChI=1S/C12H8N2O3S/c15-12(10-2-1-5-16-10)17-9-4-3-8-7-13-14-18-11(8)6-9/h1-7,14H. The van der Waals surface area contributed by atoms with Crippen molar-refractivity contribution in [2.75, 3.05) is 0 Å². The molecule has 1 N–H and O–H groups in total. The fourth-order valence-corrected chi connectivity index (χ4v) is 2.11. The molecule has 0 unspecified atom stereocenters. The van der Waals surface area contributed by atoms with Crippen LogP contribution in [0.4, 0.5) is 0 Å². The molecule has 18 heavy (non-hydrogen) atoms. The third-order valence-electron chi connectivity index (χ3n) is 2.33. The molecule has 1 aromatic carbocycles. The lowest BCUT2D eigenvalue weighted by atomic mass is 10.2. The Labute approximate surface area is 107 Å². The van der Waals surface area contributed by atoms with E-state index in [1.165, 1.54) is 18.2 Å². The molecule has 1 aliphatic heterocycles. The summed E-state index contributed by atoms with van der Waals surface area (Å²) in [4.78, 5) is 15.4. The maximum atomic E-state index is 11.7. The van der Waals surface area contributed by atoms with Gasteiger partial charge in [-0.25, -0.2) is 9.63 Å². The highest BCUT2D eigenvalue weighted by molar-refractivity contribution is 7.97. The predicted octanol–water partition coefficient (Wildman–Crippen LogP) is 2.44. The van der Waals surface area contributed by atoms with Crippen molar-refractivity contribution >= 4 is 24.1 Å². The van der Waals surface area contributed by atoms with E-state index >= 15 is 0 Å². The minimum Gasteiger partial charge on any atom is -0.457 e. The zero-order valence-electron chi connectivity index (χ0n) is 9.12. The number of nitrogens with one attached hydrogen (secondary N) is 1. The molecule has 0 amide bonds. The van der Waals surface area contributed by atoms with Crippen molar-refractivity contribution in [3.63, 3.8) is 0 Å². The molecule has 0 atom stereocenters. The summed E-state index contributed by atoms with van der Waals surface area (Å²) < 4.78 is 10.2. The van der Waals surface area contributed by atoms with E-state index in [4.69, 9.17) is 9.15 Å². The average Bonchev–Trinajstić information content (AvgIpc) is 2.92. The van der Waals surface area contributed by atoms with E-state index in [1.807, 2.05) is 6.07 Å². The number of esters is 1. The van der Waals surface area contributed by atoms with Crippen molar-refractivity contribution in [3.8, 4) is 5.75 Å². The first-order chi connectivity index (χ1) is 8.83. The monoisotopic (exact) mass is 260 g/mol. The summed E-state index contributed by atoms with van der Waals surface area (Å²) in [5.74, 6) is 0.141. The van der Waals surface area contributed by atoms with Crippen LogP contribution in [-0.2, 0) is 0 Å². The van der Waals surface area contributed by atoms with Gasteiger partial charge in [0, 0.05) is 22.4 Å². The summed E-state index contributed by atoms with van der Waals surface area (Å²) >= 11 is 1.36. The molecule has 2 heterocycles. The summed E-state index contributed by atoms with van der Waals surface area (Å²) in [5.41, 5.74) is 0.983. The molecule has 1 aromatic heterocycles. The summed E-state index contributed by atoms with van der Waals surface area (Å²) in [6, 6.07) is 8.54. The Balaban J connectivity index is 1.81. The van der Waals surface area contributed by atoms with E-state index in [-0.39, 0.29) is 5.76 Å². The SMILES string of the molecule is O=C(Oc1ccc2c(c1)SNN=C2)c1ccco1. The Morgan fingerprint density at radius 1 is 1.39 bits per heavy atom. The van der Waals surface area contributed by atoms with Gasteiger partial charge in [-0.05, 0) is 30.3 Å². The first kappa shape index (κ1) is 10.9. The summed E-state index contributed by atoms with van der Waals surface area (Å²) in [6.07, 6.45) is 3.14. The second-order valence-corrected chi connectivity index (χ2v) is 4.34. The fourth-order valence-electron chi connectivity index (χ4n) is 1.50. The molecule has 0 bridgehead atoms. The van der Waals surface area contributed by atoms with Crippen LogP contribution >= 0.6 is 11.9 Å². The summed E-state index contributed by atoms with van der Waals surface area (Å²) in [6.45, 7) is 0. The zero-order valence-corrected chi connectivity index (χ0v) is 9.94. The van der Waals surface area contributed by atoms with Crippen LogP contribution in [0.5, 0.6) is 5.75 Å². The highest BCUT2D eigenvalue weighted by Crippen LogP contribution is 2.27. The number of benzene rings is 1. The Morgan fingerprint density at radius 3 is 3.17 bits per heavy atom. The number of hydrogen-bond donors (Lipinski definition) is 1. The molecule has 0 radical (unpaired) electrons. The average molecular weight is 260 g/mol. The van der Waals surface area contributed by atoms with Gasteiger partial charge in [-0.15, -0.1) is 0 Å². The van der Waals surface area contributed by atoms with Crippen LogP contribution in [0.3, 0.4) is 0 Å². The van der Waals surface area contributed by atoms with Gasteiger partial charge in [0.1, 0.15) is 5.75 Å². The van der Waals surface area contributed by atoms with Gasteiger partial charge in [0.25, 0.3) is 0 Å². The Morgan fingerprint density at radius 2 is 2.33 bits per heavy atom. The van der Waals surface area contributed by atoms with Gasteiger partial charge in [-0.2, -0.15) is 5.10 Å². The first-order valence-electron chi connectivity index (χ1n) is 5.17. The van der Waals surface area contributed by atoms with Gasteiger partial charge in [-0.1, -0.05) is 0 Å². The molecular formula is C12H8N2O3S. The first-order valence-corrected chi connectivity index (χ1v) is 5.99. The number of fused-ring (bicyclic) bond motifs is 1. The molecule has 2 aromatic rings. The van der Waals surface area contributed by atoms with E-state index in [1.54, 1.807) is 30.5 Å². The predicted molar refractivity (Wildman–Crippen MR) is 66.7 cm³/mol. The number of carbonyl (C=O) groups is 1. The Hall–Kier alpha value is -2.21. The van der Waals surface area contributed by atoms with Gasteiger partial charge in [0.2, 0.25) is 5.76 Å². The number of ether oxygens (including phenoxy) is 1. The highest BCUT2D eigenvalue weighted by atomic mass is 32.2. The molecular weight excluding hydrogens is 252 g/mol. The molecule has 0 fully saturated rings. The smallest absolute Gasteiger partial charge is 0.379 e. The van der Waals surface area contributed by atoms with E-state index in [9.17, 15) is 4.79 Å². The third kappa shape index (κ3) is 2.10. The van der Waals surface area contributed by atoms with Crippen molar-refractivity contribution in [1.82, 2.24) is 4.83 Å². The number of furan rings is 1. The molecule has 3 rings (SSSR count). The highest BCUT2D eigenvalue weighted by Gasteiger charge is 2.13. The van der Waals surface area contributed by atoms with Gasteiger partial charge in [0.05, 0.1) is 12.5 Å². The molecule has 1 aliphatic rings. The maximum absolute atomic E-state index is 11.7. The molecule has 90 valence electrons.